The normalized spacial score (nSPS) is 10.3. The highest BCUT2D eigenvalue weighted by Crippen LogP contribution is 2.13. The van der Waals surface area contributed by atoms with Crippen molar-refractivity contribution in [1.82, 2.24) is 25.7 Å². The molecule has 0 saturated heterocycles. The van der Waals surface area contributed by atoms with Gasteiger partial charge in [-0.1, -0.05) is 24.3 Å². The van der Waals surface area contributed by atoms with Crippen molar-refractivity contribution in [1.29, 1.82) is 0 Å². The van der Waals surface area contributed by atoms with Gasteiger partial charge < -0.3 is 5.32 Å². The largest absolute Gasteiger partial charge is 0.348 e. The number of nitrogens with zero attached hydrogens (tertiary/aromatic N) is 4. The van der Waals surface area contributed by atoms with E-state index in [1.807, 2.05) is 24.3 Å². The first-order valence-corrected chi connectivity index (χ1v) is 6.86. The number of rotatable bonds is 4. The second kappa shape index (κ2) is 6.69. The van der Waals surface area contributed by atoms with Gasteiger partial charge in [-0.05, 0) is 29.8 Å². The van der Waals surface area contributed by atoms with Gasteiger partial charge in [-0.2, -0.15) is 0 Å². The summed E-state index contributed by atoms with van der Waals surface area (Å²) < 4.78 is 12.8. The zero-order chi connectivity index (χ0) is 16.1. The lowest BCUT2D eigenvalue weighted by molar-refractivity contribution is 0.0951. The minimum Gasteiger partial charge on any atom is -0.348 e. The molecule has 114 valence electrons. The van der Waals surface area contributed by atoms with E-state index in [4.69, 9.17) is 0 Å². The maximum absolute atomic E-state index is 12.8. The van der Waals surface area contributed by atoms with Crippen LogP contribution in [0.25, 0.3) is 11.4 Å². The van der Waals surface area contributed by atoms with Crippen LogP contribution in [0.4, 0.5) is 4.39 Å². The number of carbonyl (C=O) groups is 1. The predicted octanol–water partition coefficient (Wildman–Crippen LogP) is 2.00. The van der Waals surface area contributed by atoms with Gasteiger partial charge in [0.25, 0.3) is 5.91 Å². The van der Waals surface area contributed by atoms with Gasteiger partial charge in [0.05, 0.1) is 0 Å². The summed E-state index contributed by atoms with van der Waals surface area (Å²) in [4.78, 5) is 11.9. The van der Waals surface area contributed by atoms with Crippen molar-refractivity contribution in [2.24, 2.45) is 0 Å². The quantitative estimate of drug-likeness (QED) is 0.797. The maximum atomic E-state index is 12.8. The molecule has 0 saturated carbocycles. The van der Waals surface area contributed by atoms with Gasteiger partial charge in [-0.3, -0.25) is 4.79 Å². The van der Waals surface area contributed by atoms with Crippen molar-refractivity contribution in [2.75, 3.05) is 0 Å². The van der Waals surface area contributed by atoms with Gasteiger partial charge in [0, 0.05) is 17.7 Å². The van der Waals surface area contributed by atoms with Crippen molar-refractivity contribution in [3.63, 3.8) is 0 Å². The number of aromatic nitrogens is 4. The summed E-state index contributed by atoms with van der Waals surface area (Å²) in [6, 6.07) is 12.8. The third-order valence-electron chi connectivity index (χ3n) is 3.18. The van der Waals surface area contributed by atoms with Crippen LogP contribution in [0.2, 0.25) is 0 Å². The van der Waals surface area contributed by atoms with Crippen LogP contribution in [0.1, 0.15) is 15.9 Å². The van der Waals surface area contributed by atoms with Crippen LogP contribution in [0, 0.1) is 5.82 Å². The topological polar surface area (TPSA) is 80.7 Å². The fraction of sp³-hybridized carbons (Fsp3) is 0.0625. The van der Waals surface area contributed by atoms with E-state index in [1.54, 1.807) is 0 Å². The molecule has 3 aromatic rings. The second-order valence-corrected chi connectivity index (χ2v) is 4.76. The molecule has 0 atom stereocenters. The number of hydrogen-bond acceptors (Lipinski definition) is 5. The fourth-order valence-corrected chi connectivity index (χ4v) is 1.98. The SMILES string of the molecule is O=C(NCc1ccc(-c2nncnn2)cc1)c1ccc([18F])cc1. The highest BCUT2D eigenvalue weighted by atomic mass is 18.2. The standard InChI is InChI=1S/C16H12FN5O/c17-14-7-5-13(6-8-14)16(23)18-9-11-1-3-12(4-2-11)15-21-19-10-20-22-15/h1-8,10H,9H2,(H,18,23)/i17-1. The Morgan fingerprint density at radius 1 is 0.957 bits per heavy atom. The number of amides is 1. The molecule has 1 aromatic heterocycles. The lowest BCUT2D eigenvalue weighted by Gasteiger charge is -2.06. The van der Waals surface area contributed by atoms with Crippen molar-refractivity contribution in [3.8, 4) is 11.4 Å². The molecule has 6 nitrogen and oxygen atoms in total. The first-order chi connectivity index (χ1) is 11.2. The first kappa shape index (κ1) is 14.7. The summed E-state index contributed by atoms with van der Waals surface area (Å²) >= 11 is 0. The van der Waals surface area contributed by atoms with Gasteiger partial charge in [0.1, 0.15) is 5.82 Å². The molecule has 0 unspecified atom stereocenters. The summed E-state index contributed by atoms with van der Waals surface area (Å²) in [7, 11) is 0. The Balaban J connectivity index is 1.62. The van der Waals surface area contributed by atoms with E-state index >= 15 is 0 Å². The minimum absolute atomic E-state index is 0.256. The molecule has 1 N–H and O–H groups in total. The Labute approximate surface area is 131 Å². The molecule has 0 radical (unpaired) electrons. The summed E-state index contributed by atoms with van der Waals surface area (Å²) in [5.41, 5.74) is 2.12. The zero-order valence-electron chi connectivity index (χ0n) is 12.0. The molecule has 0 aliphatic carbocycles. The lowest BCUT2D eigenvalue weighted by Crippen LogP contribution is -2.22. The highest BCUT2D eigenvalue weighted by Gasteiger charge is 2.06. The van der Waals surface area contributed by atoms with E-state index in [0.717, 1.165) is 11.1 Å². The molecular formula is C16H12FN5O. The van der Waals surface area contributed by atoms with Gasteiger partial charge in [0.2, 0.25) is 5.82 Å². The number of carbonyl (C=O) groups excluding carboxylic acids is 1. The molecule has 0 spiro atoms. The number of nitrogens with one attached hydrogen (secondary N) is 1. The van der Waals surface area contributed by atoms with Crippen LogP contribution < -0.4 is 5.32 Å². The van der Waals surface area contributed by atoms with Crippen LogP contribution in [0.15, 0.2) is 54.9 Å². The highest BCUT2D eigenvalue weighted by molar-refractivity contribution is 5.94. The average molecular weight is 308 g/mol. The molecule has 2 aromatic carbocycles. The molecular weight excluding hydrogens is 296 g/mol. The molecule has 1 heterocycles. The smallest absolute Gasteiger partial charge is 0.251 e. The van der Waals surface area contributed by atoms with Crippen LogP contribution in [-0.2, 0) is 6.54 Å². The summed E-state index contributed by atoms with van der Waals surface area (Å²) in [5, 5.41) is 17.9. The number of benzene rings is 2. The van der Waals surface area contributed by atoms with Crippen LogP contribution in [-0.4, -0.2) is 26.3 Å². The van der Waals surface area contributed by atoms with Crippen molar-refractivity contribution < 1.29 is 9.18 Å². The Hall–Kier alpha value is -3.22. The van der Waals surface area contributed by atoms with E-state index in [-0.39, 0.29) is 11.7 Å². The van der Waals surface area contributed by atoms with Gasteiger partial charge >= 0.3 is 0 Å². The third kappa shape index (κ3) is 3.70. The summed E-state index contributed by atoms with van der Waals surface area (Å²) in [6.45, 7) is 0.364. The third-order valence-corrected chi connectivity index (χ3v) is 3.18. The number of hydrogen-bond donors (Lipinski definition) is 1. The maximum Gasteiger partial charge on any atom is 0.251 e. The first-order valence-electron chi connectivity index (χ1n) is 6.86. The van der Waals surface area contributed by atoms with Crippen molar-refractivity contribution in [2.45, 2.75) is 6.54 Å². The molecule has 0 fully saturated rings. The fourth-order valence-electron chi connectivity index (χ4n) is 1.98. The molecule has 0 aliphatic heterocycles. The van der Waals surface area contributed by atoms with Gasteiger partial charge in [-0.25, -0.2) is 4.39 Å². The Morgan fingerprint density at radius 2 is 1.61 bits per heavy atom. The Bertz CT molecular complexity index is 791. The van der Waals surface area contributed by atoms with Crippen LogP contribution in [0.3, 0.4) is 0 Å². The van der Waals surface area contributed by atoms with Gasteiger partial charge in [0.15, 0.2) is 6.33 Å². The number of halogens is 1. The molecule has 1 amide bonds. The monoisotopic (exact) mass is 308 g/mol. The minimum atomic E-state index is -0.371. The summed E-state index contributed by atoms with van der Waals surface area (Å²) in [5.74, 6) is -0.187. The second-order valence-electron chi connectivity index (χ2n) is 4.76. The van der Waals surface area contributed by atoms with Gasteiger partial charge in [-0.15, -0.1) is 20.4 Å². The molecule has 23 heavy (non-hydrogen) atoms. The molecule has 0 bridgehead atoms. The van der Waals surface area contributed by atoms with E-state index in [1.165, 1.54) is 30.6 Å². The van der Waals surface area contributed by atoms with E-state index in [2.05, 4.69) is 25.7 Å². The van der Waals surface area contributed by atoms with E-state index < -0.39 is 0 Å². The molecule has 7 heteroatoms. The zero-order valence-corrected chi connectivity index (χ0v) is 12.0. The van der Waals surface area contributed by atoms with Crippen LogP contribution >= 0.6 is 0 Å². The van der Waals surface area contributed by atoms with E-state index in [0.29, 0.717) is 17.9 Å². The Morgan fingerprint density at radius 3 is 2.26 bits per heavy atom. The van der Waals surface area contributed by atoms with E-state index in [9.17, 15) is 9.18 Å². The molecule has 3 rings (SSSR count). The Kier molecular flexibility index (Phi) is 4.28. The predicted molar refractivity (Wildman–Crippen MR) is 80.6 cm³/mol. The lowest BCUT2D eigenvalue weighted by atomic mass is 10.1. The van der Waals surface area contributed by atoms with Crippen molar-refractivity contribution >= 4 is 5.91 Å². The summed E-state index contributed by atoms with van der Waals surface area (Å²) in [6.07, 6.45) is 1.27. The van der Waals surface area contributed by atoms with Crippen molar-refractivity contribution in [3.05, 3.63) is 71.8 Å². The van der Waals surface area contributed by atoms with Crippen LogP contribution in [0.5, 0.6) is 0 Å². The molecule has 0 aliphatic rings. The average Bonchev–Trinajstić information content (AvgIpc) is 2.61.